The van der Waals surface area contributed by atoms with Gasteiger partial charge in [-0.15, -0.1) is 5.10 Å². The Bertz CT molecular complexity index is 718. The summed E-state index contributed by atoms with van der Waals surface area (Å²) in [6.07, 6.45) is 6.06. The van der Waals surface area contributed by atoms with E-state index in [4.69, 9.17) is 0 Å². The Labute approximate surface area is 114 Å². The lowest BCUT2D eigenvalue weighted by Gasteiger charge is -2.09. The maximum atomic E-state index is 11.9. The number of amides is 1. The molecular formula is C12H11N7O. The quantitative estimate of drug-likeness (QED) is 0.756. The number of aromatic nitrogens is 6. The standard InChI is InChI=1S/C12H11N7O/c1-9-2-3-10(6-11(9)19-8-14-16-17-19)15-12(20)18-5-4-13-7-18/h2-8H,1H3,(H,15,20). The molecule has 0 atom stereocenters. The SMILES string of the molecule is Cc1ccc(NC(=O)n2ccnc2)cc1-n1cnnn1. The summed E-state index contributed by atoms with van der Waals surface area (Å²) in [4.78, 5) is 15.8. The largest absolute Gasteiger partial charge is 0.331 e. The summed E-state index contributed by atoms with van der Waals surface area (Å²) < 4.78 is 2.90. The minimum Gasteiger partial charge on any atom is -0.307 e. The lowest BCUT2D eigenvalue weighted by Crippen LogP contribution is -2.18. The molecule has 0 spiro atoms. The lowest BCUT2D eigenvalue weighted by molar-refractivity contribution is 0.253. The number of carbonyl (C=O) groups is 1. The first-order valence-corrected chi connectivity index (χ1v) is 5.87. The number of benzene rings is 1. The van der Waals surface area contributed by atoms with Crippen molar-refractivity contribution in [1.29, 1.82) is 0 Å². The van der Waals surface area contributed by atoms with Crippen LogP contribution in [0, 0.1) is 6.92 Å². The zero-order valence-electron chi connectivity index (χ0n) is 10.6. The van der Waals surface area contributed by atoms with E-state index >= 15 is 0 Å². The van der Waals surface area contributed by atoms with Crippen molar-refractivity contribution in [3.63, 3.8) is 0 Å². The first kappa shape index (κ1) is 12.0. The molecule has 20 heavy (non-hydrogen) atoms. The molecule has 0 fully saturated rings. The Morgan fingerprint density at radius 1 is 1.30 bits per heavy atom. The fraction of sp³-hybridized carbons (Fsp3) is 0.0833. The Hall–Kier alpha value is -3.03. The van der Waals surface area contributed by atoms with Gasteiger partial charge < -0.3 is 5.32 Å². The molecule has 8 heteroatoms. The van der Waals surface area contributed by atoms with Crippen LogP contribution in [-0.2, 0) is 0 Å². The first-order chi connectivity index (χ1) is 9.74. The van der Waals surface area contributed by atoms with Crippen molar-refractivity contribution in [2.45, 2.75) is 6.92 Å². The highest BCUT2D eigenvalue weighted by molar-refractivity contribution is 5.91. The lowest BCUT2D eigenvalue weighted by atomic mass is 10.2. The summed E-state index contributed by atoms with van der Waals surface area (Å²) in [5.41, 5.74) is 2.45. The van der Waals surface area contributed by atoms with Gasteiger partial charge in [-0.05, 0) is 35.0 Å². The zero-order valence-corrected chi connectivity index (χ0v) is 10.6. The second-order valence-electron chi connectivity index (χ2n) is 4.16. The van der Waals surface area contributed by atoms with E-state index in [1.165, 1.54) is 17.2 Å². The molecule has 0 saturated carbocycles. The molecule has 1 N–H and O–H groups in total. The van der Waals surface area contributed by atoms with Crippen molar-refractivity contribution in [1.82, 2.24) is 29.8 Å². The molecule has 1 aromatic carbocycles. The van der Waals surface area contributed by atoms with Gasteiger partial charge in [-0.3, -0.25) is 4.57 Å². The van der Waals surface area contributed by atoms with Gasteiger partial charge in [0.05, 0.1) is 5.69 Å². The number of nitrogens with zero attached hydrogens (tertiary/aromatic N) is 6. The van der Waals surface area contributed by atoms with Gasteiger partial charge in [0.1, 0.15) is 12.7 Å². The van der Waals surface area contributed by atoms with Gasteiger partial charge in [0.2, 0.25) is 0 Å². The average molecular weight is 269 g/mol. The number of rotatable bonds is 2. The van der Waals surface area contributed by atoms with Crippen LogP contribution in [0.15, 0.2) is 43.2 Å². The van der Waals surface area contributed by atoms with Gasteiger partial charge in [0.15, 0.2) is 0 Å². The third-order valence-corrected chi connectivity index (χ3v) is 2.80. The van der Waals surface area contributed by atoms with Crippen molar-refractivity contribution in [3.8, 4) is 5.69 Å². The summed E-state index contributed by atoms with van der Waals surface area (Å²) in [6, 6.07) is 5.23. The van der Waals surface area contributed by atoms with E-state index in [1.54, 1.807) is 23.1 Å². The minimum absolute atomic E-state index is 0.283. The molecule has 0 aliphatic heterocycles. The normalized spacial score (nSPS) is 10.4. The number of imidazole rings is 1. The Morgan fingerprint density at radius 2 is 2.20 bits per heavy atom. The molecule has 3 rings (SSSR count). The summed E-state index contributed by atoms with van der Waals surface area (Å²) >= 11 is 0. The molecule has 0 bridgehead atoms. The van der Waals surface area contributed by atoms with Crippen LogP contribution in [0.2, 0.25) is 0 Å². The molecule has 0 aliphatic carbocycles. The second-order valence-corrected chi connectivity index (χ2v) is 4.16. The van der Waals surface area contributed by atoms with Crippen LogP contribution in [0.1, 0.15) is 5.56 Å². The van der Waals surface area contributed by atoms with Gasteiger partial charge >= 0.3 is 6.03 Å². The van der Waals surface area contributed by atoms with Crippen LogP contribution in [0.4, 0.5) is 10.5 Å². The number of hydrogen-bond acceptors (Lipinski definition) is 5. The van der Waals surface area contributed by atoms with Crippen molar-refractivity contribution >= 4 is 11.7 Å². The molecule has 2 heterocycles. The maximum Gasteiger partial charge on any atom is 0.331 e. The Kier molecular flexibility index (Phi) is 2.96. The Balaban J connectivity index is 1.88. The monoisotopic (exact) mass is 269 g/mol. The van der Waals surface area contributed by atoms with Gasteiger partial charge in [-0.25, -0.2) is 14.5 Å². The number of tetrazole rings is 1. The molecule has 8 nitrogen and oxygen atoms in total. The average Bonchev–Trinajstić information content (AvgIpc) is 3.14. The predicted octanol–water partition coefficient (Wildman–Crippen LogP) is 1.25. The fourth-order valence-corrected chi connectivity index (χ4v) is 1.77. The van der Waals surface area contributed by atoms with Crippen molar-refractivity contribution in [3.05, 3.63) is 48.8 Å². The predicted molar refractivity (Wildman–Crippen MR) is 70.5 cm³/mol. The van der Waals surface area contributed by atoms with E-state index in [0.717, 1.165) is 11.3 Å². The van der Waals surface area contributed by atoms with Crippen LogP contribution in [0.5, 0.6) is 0 Å². The van der Waals surface area contributed by atoms with Gasteiger partial charge in [-0.1, -0.05) is 6.07 Å². The summed E-state index contributed by atoms with van der Waals surface area (Å²) in [5.74, 6) is 0. The minimum atomic E-state index is -0.283. The van der Waals surface area contributed by atoms with E-state index in [2.05, 4.69) is 25.8 Å². The van der Waals surface area contributed by atoms with Crippen LogP contribution in [-0.4, -0.2) is 35.8 Å². The Morgan fingerprint density at radius 3 is 2.90 bits per heavy atom. The number of aryl methyl sites for hydroxylation is 1. The van der Waals surface area contributed by atoms with Crippen molar-refractivity contribution in [2.75, 3.05) is 5.32 Å². The first-order valence-electron chi connectivity index (χ1n) is 5.87. The van der Waals surface area contributed by atoms with Crippen LogP contribution >= 0.6 is 0 Å². The number of nitrogens with one attached hydrogen (secondary N) is 1. The highest BCUT2D eigenvalue weighted by Crippen LogP contribution is 2.18. The van der Waals surface area contributed by atoms with Crippen molar-refractivity contribution < 1.29 is 4.79 Å². The highest BCUT2D eigenvalue weighted by Gasteiger charge is 2.08. The van der Waals surface area contributed by atoms with E-state index in [9.17, 15) is 4.79 Å². The van der Waals surface area contributed by atoms with Gasteiger partial charge in [0.25, 0.3) is 0 Å². The zero-order chi connectivity index (χ0) is 13.9. The van der Waals surface area contributed by atoms with Gasteiger partial charge in [-0.2, -0.15) is 0 Å². The van der Waals surface area contributed by atoms with Crippen LogP contribution in [0.25, 0.3) is 5.69 Å². The number of anilines is 1. The highest BCUT2D eigenvalue weighted by atomic mass is 16.2. The molecule has 0 saturated heterocycles. The summed E-state index contributed by atoms with van der Waals surface area (Å²) in [5, 5.41) is 13.8. The molecule has 2 aromatic heterocycles. The number of carbonyl (C=O) groups excluding carboxylic acids is 1. The molecule has 0 radical (unpaired) electrons. The van der Waals surface area contributed by atoms with Gasteiger partial charge in [0, 0.05) is 18.1 Å². The third-order valence-electron chi connectivity index (χ3n) is 2.80. The van der Waals surface area contributed by atoms with Crippen molar-refractivity contribution in [2.24, 2.45) is 0 Å². The van der Waals surface area contributed by atoms with E-state index in [0.29, 0.717) is 5.69 Å². The summed E-state index contributed by atoms with van der Waals surface area (Å²) in [6.45, 7) is 1.94. The molecule has 3 aromatic rings. The third kappa shape index (κ3) is 2.26. The topological polar surface area (TPSA) is 90.5 Å². The summed E-state index contributed by atoms with van der Waals surface area (Å²) in [7, 11) is 0. The molecule has 0 unspecified atom stereocenters. The van der Waals surface area contributed by atoms with E-state index < -0.39 is 0 Å². The van der Waals surface area contributed by atoms with Crippen LogP contribution < -0.4 is 5.32 Å². The molecule has 1 amide bonds. The second kappa shape index (κ2) is 4.92. The molecular weight excluding hydrogens is 258 g/mol. The maximum absolute atomic E-state index is 11.9. The van der Waals surface area contributed by atoms with Crippen LogP contribution in [0.3, 0.4) is 0 Å². The molecule has 0 aliphatic rings. The molecule has 100 valence electrons. The fourth-order valence-electron chi connectivity index (χ4n) is 1.77. The van der Waals surface area contributed by atoms with E-state index in [-0.39, 0.29) is 6.03 Å². The smallest absolute Gasteiger partial charge is 0.307 e. The van der Waals surface area contributed by atoms with E-state index in [1.807, 2.05) is 19.1 Å². The number of hydrogen-bond donors (Lipinski definition) is 1.